The summed E-state index contributed by atoms with van der Waals surface area (Å²) in [5.41, 5.74) is 1.65. The molecule has 0 aliphatic heterocycles. The first kappa shape index (κ1) is 15.2. The molecule has 1 aromatic heterocycles. The number of nitrogens with one attached hydrogen (secondary N) is 1. The Labute approximate surface area is 122 Å². The molecule has 1 N–H and O–H groups in total. The number of nitrogens with zero attached hydrogens (tertiary/aromatic N) is 2. The third kappa shape index (κ3) is 4.13. The van der Waals surface area contributed by atoms with Crippen molar-refractivity contribution in [2.24, 2.45) is 0 Å². The van der Waals surface area contributed by atoms with Crippen LogP contribution in [0.25, 0.3) is 0 Å². The van der Waals surface area contributed by atoms with Crippen LogP contribution < -0.4 is 5.32 Å². The Morgan fingerprint density at radius 3 is 2.67 bits per heavy atom. The van der Waals surface area contributed by atoms with E-state index in [2.05, 4.69) is 10.5 Å². The van der Waals surface area contributed by atoms with Gasteiger partial charge >= 0.3 is 0 Å². The lowest BCUT2D eigenvalue weighted by atomic mass is 10.2. The Morgan fingerprint density at radius 1 is 1.43 bits per heavy atom. The molecule has 0 fully saturated rings. The van der Waals surface area contributed by atoms with E-state index in [9.17, 15) is 9.18 Å². The van der Waals surface area contributed by atoms with Crippen molar-refractivity contribution in [3.63, 3.8) is 0 Å². The number of carbonyl (C=O) groups excluding carboxylic acids is 1. The molecule has 0 aliphatic carbocycles. The highest BCUT2D eigenvalue weighted by Crippen LogP contribution is 2.12. The Morgan fingerprint density at radius 2 is 2.10 bits per heavy atom. The zero-order valence-electron chi connectivity index (χ0n) is 12.3. The van der Waals surface area contributed by atoms with Gasteiger partial charge in [-0.15, -0.1) is 0 Å². The molecule has 0 spiro atoms. The number of likely N-dealkylation sites (N-methyl/N-ethyl adjacent to an activating group) is 1. The van der Waals surface area contributed by atoms with E-state index in [0.29, 0.717) is 18.1 Å². The van der Waals surface area contributed by atoms with Gasteiger partial charge in [0.1, 0.15) is 5.82 Å². The van der Waals surface area contributed by atoms with E-state index < -0.39 is 0 Å². The van der Waals surface area contributed by atoms with Gasteiger partial charge in [0.15, 0.2) is 0 Å². The molecule has 112 valence electrons. The molecule has 0 saturated carbocycles. The Hall–Kier alpha value is -2.21. The summed E-state index contributed by atoms with van der Waals surface area (Å²) in [6.45, 7) is 4.12. The van der Waals surface area contributed by atoms with Crippen molar-refractivity contribution in [1.29, 1.82) is 0 Å². The van der Waals surface area contributed by atoms with Crippen LogP contribution in [-0.2, 0) is 11.3 Å². The Balaban J connectivity index is 1.93. The molecule has 0 unspecified atom stereocenters. The van der Waals surface area contributed by atoms with Gasteiger partial charge in [0.25, 0.3) is 0 Å². The molecular formula is C15H18FN3O2. The summed E-state index contributed by atoms with van der Waals surface area (Å²) in [6.07, 6.45) is 0. The second-order valence-corrected chi connectivity index (χ2v) is 5.04. The molecule has 1 aromatic carbocycles. The summed E-state index contributed by atoms with van der Waals surface area (Å²) in [4.78, 5) is 14.0. The van der Waals surface area contributed by atoms with Crippen molar-refractivity contribution in [3.8, 4) is 0 Å². The van der Waals surface area contributed by atoms with Crippen LogP contribution in [0.5, 0.6) is 0 Å². The van der Waals surface area contributed by atoms with Crippen LogP contribution in [0.1, 0.15) is 18.2 Å². The molecule has 2 rings (SSSR count). The quantitative estimate of drug-likeness (QED) is 0.920. The fraction of sp³-hybridized carbons (Fsp3) is 0.333. The van der Waals surface area contributed by atoms with E-state index in [1.54, 1.807) is 32.0 Å². The molecule has 1 amide bonds. The standard InChI is InChI=1S/C15H18FN3O2/c1-10-8-14(21-18-10)17-15(20)11(2)19(3)9-12-4-6-13(16)7-5-12/h4-8,11H,9H2,1-3H3,(H,17,20)/t11-/m1/s1. The highest BCUT2D eigenvalue weighted by Gasteiger charge is 2.19. The molecule has 1 heterocycles. The average Bonchev–Trinajstić information content (AvgIpc) is 2.85. The van der Waals surface area contributed by atoms with Crippen LogP contribution in [0.4, 0.5) is 10.3 Å². The van der Waals surface area contributed by atoms with Gasteiger partial charge in [-0.3, -0.25) is 15.0 Å². The summed E-state index contributed by atoms with van der Waals surface area (Å²) in [6, 6.07) is 7.52. The minimum Gasteiger partial charge on any atom is -0.338 e. The number of halogens is 1. The molecule has 21 heavy (non-hydrogen) atoms. The summed E-state index contributed by atoms with van der Waals surface area (Å²) in [5, 5.41) is 6.38. The Kier molecular flexibility index (Phi) is 4.70. The third-order valence-corrected chi connectivity index (χ3v) is 3.26. The molecule has 6 heteroatoms. The summed E-state index contributed by atoms with van der Waals surface area (Å²) in [7, 11) is 1.83. The number of amides is 1. The van der Waals surface area contributed by atoms with Gasteiger partial charge in [-0.25, -0.2) is 4.39 Å². The van der Waals surface area contributed by atoms with Crippen LogP contribution >= 0.6 is 0 Å². The van der Waals surface area contributed by atoms with Crippen molar-refractivity contribution >= 4 is 11.8 Å². The predicted octanol–water partition coefficient (Wildman–Crippen LogP) is 2.58. The van der Waals surface area contributed by atoms with Crippen molar-refractivity contribution in [2.45, 2.75) is 26.4 Å². The number of aryl methyl sites for hydroxylation is 1. The van der Waals surface area contributed by atoms with Crippen LogP contribution in [0.2, 0.25) is 0 Å². The number of carbonyl (C=O) groups is 1. The zero-order chi connectivity index (χ0) is 15.4. The Bertz CT molecular complexity index is 610. The van der Waals surface area contributed by atoms with E-state index >= 15 is 0 Å². The lowest BCUT2D eigenvalue weighted by molar-refractivity contribution is -0.120. The maximum Gasteiger partial charge on any atom is 0.243 e. The highest BCUT2D eigenvalue weighted by atomic mass is 19.1. The molecule has 0 bridgehead atoms. The van der Waals surface area contributed by atoms with Gasteiger partial charge in [0.05, 0.1) is 11.7 Å². The van der Waals surface area contributed by atoms with Crippen molar-refractivity contribution in [2.75, 3.05) is 12.4 Å². The van der Waals surface area contributed by atoms with E-state index in [1.807, 2.05) is 11.9 Å². The summed E-state index contributed by atoms with van der Waals surface area (Å²) >= 11 is 0. The normalized spacial score (nSPS) is 12.4. The van der Waals surface area contributed by atoms with Crippen LogP contribution in [0, 0.1) is 12.7 Å². The van der Waals surface area contributed by atoms with E-state index in [4.69, 9.17) is 4.52 Å². The van der Waals surface area contributed by atoms with Gasteiger partial charge in [-0.05, 0) is 38.6 Å². The first-order chi connectivity index (χ1) is 9.95. The number of hydrogen-bond acceptors (Lipinski definition) is 4. The van der Waals surface area contributed by atoms with E-state index in [-0.39, 0.29) is 17.8 Å². The van der Waals surface area contributed by atoms with Crippen molar-refractivity contribution in [1.82, 2.24) is 10.1 Å². The number of anilines is 1. The van der Waals surface area contributed by atoms with Crippen molar-refractivity contribution in [3.05, 3.63) is 47.4 Å². The SMILES string of the molecule is Cc1cc(NC(=O)[C@@H](C)N(C)Cc2ccc(F)cc2)on1. The second-order valence-electron chi connectivity index (χ2n) is 5.04. The molecule has 1 atom stereocenters. The van der Waals surface area contributed by atoms with Gasteiger partial charge in [-0.1, -0.05) is 17.3 Å². The third-order valence-electron chi connectivity index (χ3n) is 3.26. The number of hydrogen-bond donors (Lipinski definition) is 1. The number of aromatic nitrogens is 1. The maximum atomic E-state index is 12.9. The summed E-state index contributed by atoms with van der Waals surface area (Å²) in [5.74, 6) is -0.122. The molecule has 2 aromatic rings. The van der Waals surface area contributed by atoms with Gasteiger partial charge in [-0.2, -0.15) is 0 Å². The predicted molar refractivity (Wildman–Crippen MR) is 77.2 cm³/mol. The lowest BCUT2D eigenvalue weighted by Crippen LogP contribution is -2.39. The maximum absolute atomic E-state index is 12.9. The minimum atomic E-state index is -0.361. The molecule has 0 aliphatic rings. The van der Waals surface area contributed by atoms with E-state index in [1.165, 1.54) is 12.1 Å². The largest absolute Gasteiger partial charge is 0.338 e. The highest BCUT2D eigenvalue weighted by molar-refractivity contribution is 5.93. The molecule has 0 radical (unpaired) electrons. The minimum absolute atomic E-state index is 0.184. The van der Waals surface area contributed by atoms with Crippen LogP contribution in [0.15, 0.2) is 34.9 Å². The van der Waals surface area contributed by atoms with E-state index in [0.717, 1.165) is 5.56 Å². The van der Waals surface area contributed by atoms with Crippen LogP contribution in [-0.4, -0.2) is 29.1 Å². The summed E-state index contributed by atoms with van der Waals surface area (Å²) < 4.78 is 17.8. The number of benzene rings is 1. The number of rotatable bonds is 5. The van der Waals surface area contributed by atoms with Gasteiger partial charge in [0.2, 0.25) is 11.8 Å². The van der Waals surface area contributed by atoms with Crippen molar-refractivity contribution < 1.29 is 13.7 Å². The molecule has 5 nitrogen and oxygen atoms in total. The monoisotopic (exact) mass is 291 g/mol. The van der Waals surface area contributed by atoms with Gasteiger partial charge in [0, 0.05) is 12.6 Å². The second kappa shape index (κ2) is 6.49. The molecular weight excluding hydrogens is 273 g/mol. The topological polar surface area (TPSA) is 58.4 Å². The first-order valence-corrected chi connectivity index (χ1v) is 6.64. The average molecular weight is 291 g/mol. The smallest absolute Gasteiger partial charge is 0.243 e. The fourth-order valence-corrected chi connectivity index (χ4v) is 1.86. The fourth-order valence-electron chi connectivity index (χ4n) is 1.86. The zero-order valence-corrected chi connectivity index (χ0v) is 12.3. The van der Waals surface area contributed by atoms with Gasteiger partial charge < -0.3 is 4.52 Å². The first-order valence-electron chi connectivity index (χ1n) is 6.64. The lowest BCUT2D eigenvalue weighted by Gasteiger charge is -2.23. The van der Waals surface area contributed by atoms with Crippen LogP contribution in [0.3, 0.4) is 0 Å². The molecule has 0 saturated heterocycles.